The highest BCUT2D eigenvalue weighted by atomic mass is 127. The molecule has 1 aliphatic heterocycles. The van der Waals surface area contributed by atoms with Gasteiger partial charge in [-0.25, -0.2) is 8.42 Å². The van der Waals surface area contributed by atoms with Gasteiger partial charge in [0.25, 0.3) is 0 Å². The molecule has 0 radical (unpaired) electrons. The van der Waals surface area contributed by atoms with Crippen LogP contribution < -0.4 is 5.32 Å². The summed E-state index contributed by atoms with van der Waals surface area (Å²) in [5.74, 6) is 1.48. The van der Waals surface area contributed by atoms with Crippen molar-refractivity contribution in [2.75, 3.05) is 46.2 Å². The minimum Gasteiger partial charge on any atom is -0.381 e. The van der Waals surface area contributed by atoms with Gasteiger partial charge >= 0.3 is 0 Å². The van der Waals surface area contributed by atoms with Crippen molar-refractivity contribution in [2.45, 2.75) is 44.8 Å². The fraction of sp³-hybridized carbons (Fsp3) is 0.938. The van der Waals surface area contributed by atoms with E-state index in [4.69, 9.17) is 4.74 Å². The molecule has 1 N–H and O–H groups in total. The molecule has 0 unspecified atom stereocenters. The van der Waals surface area contributed by atoms with Crippen LogP contribution in [0.4, 0.5) is 0 Å². The monoisotopic (exact) mass is 475 g/mol. The molecule has 0 aromatic heterocycles. The predicted molar refractivity (Wildman–Crippen MR) is 111 cm³/mol. The molecule has 24 heavy (non-hydrogen) atoms. The lowest BCUT2D eigenvalue weighted by Crippen LogP contribution is -2.42. The molecule has 144 valence electrons. The molecular weight excluding hydrogens is 441 g/mol. The van der Waals surface area contributed by atoms with Crippen LogP contribution in [0.15, 0.2) is 4.99 Å². The molecule has 6 nitrogen and oxygen atoms in total. The highest BCUT2D eigenvalue weighted by Gasteiger charge is 2.30. The number of sulfone groups is 1. The summed E-state index contributed by atoms with van der Waals surface area (Å²) in [6.07, 6.45) is 4.63. The van der Waals surface area contributed by atoms with Crippen LogP contribution in [0.25, 0.3) is 0 Å². The van der Waals surface area contributed by atoms with Crippen molar-refractivity contribution in [1.29, 1.82) is 0 Å². The Kier molecular flexibility index (Phi) is 10.8. The first-order valence-electron chi connectivity index (χ1n) is 8.44. The zero-order valence-electron chi connectivity index (χ0n) is 15.7. The van der Waals surface area contributed by atoms with Gasteiger partial charge in [0.2, 0.25) is 0 Å². The first-order valence-corrected chi connectivity index (χ1v) is 10.3. The summed E-state index contributed by atoms with van der Waals surface area (Å²) in [6, 6.07) is 0. The van der Waals surface area contributed by atoms with E-state index in [2.05, 4.69) is 15.2 Å². The van der Waals surface area contributed by atoms with Gasteiger partial charge in [-0.15, -0.1) is 24.0 Å². The number of aliphatic imine (C=N–C) groups is 1. The molecule has 0 aromatic rings. The van der Waals surface area contributed by atoms with E-state index in [0.717, 1.165) is 51.5 Å². The highest BCUT2D eigenvalue weighted by molar-refractivity contribution is 14.0. The number of hydrogen-bond donors (Lipinski definition) is 1. The predicted octanol–water partition coefficient (Wildman–Crippen LogP) is 2.14. The molecule has 1 rings (SSSR count). The van der Waals surface area contributed by atoms with E-state index in [1.54, 1.807) is 13.8 Å². The van der Waals surface area contributed by atoms with E-state index in [1.165, 1.54) is 6.26 Å². The van der Waals surface area contributed by atoms with E-state index in [1.807, 2.05) is 14.0 Å². The maximum Gasteiger partial charge on any atom is 0.193 e. The van der Waals surface area contributed by atoms with Gasteiger partial charge in [0.05, 0.1) is 11.3 Å². The summed E-state index contributed by atoms with van der Waals surface area (Å²) >= 11 is 0. The van der Waals surface area contributed by atoms with E-state index in [9.17, 15) is 8.42 Å². The first-order chi connectivity index (χ1) is 10.7. The third kappa shape index (κ3) is 7.86. The molecule has 0 spiro atoms. The second kappa shape index (κ2) is 10.8. The molecule has 1 heterocycles. The third-order valence-electron chi connectivity index (χ3n) is 4.52. The van der Waals surface area contributed by atoms with Crippen LogP contribution in [0.2, 0.25) is 0 Å². The Morgan fingerprint density at radius 1 is 1.33 bits per heavy atom. The van der Waals surface area contributed by atoms with Crippen molar-refractivity contribution in [3.8, 4) is 0 Å². The van der Waals surface area contributed by atoms with Crippen molar-refractivity contribution < 1.29 is 13.2 Å². The number of nitrogens with zero attached hydrogens (tertiary/aromatic N) is 2. The second-order valence-electron chi connectivity index (χ2n) is 6.97. The zero-order valence-corrected chi connectivity index (χ0v) is 18.8. The lowest BCUT2D eigenvalue weighted by atomic mass is 9.96. The van der Waals surface area contributed by atoms with Gasteiger partial charge in [-0.3, -0.25) is 4.99 Å². The lowest BCUT2D eigenvalue weighted by Gasteiger charge is -2.28. The maximum absolute atomic E-state index is 11.8. The summed E-state index contributed by atoms with van der Waals surface area (Å²) in [4.78, 5) is 6.64. The Morgan fingerprint density at radius 2 is 1.92 bits per heavy atom. The van der Waals surface area contributed by atoms with E-state index in [-0.39, 0.29) is 30.5 Å². The molecule has 0 atom stereocenters. The number of hydrogen-bond acceptors (Lipinski definition) is 4. The summed E-state index contributed by atoms with van der Waals surface area (Å²) in [7, 11) is -1.13. The number of guanidine groups is 1. The average Bonchev–Trinajstić information content (AvgIpc) is 2.49. The van der Waals surface area contributed by atoms with E-state index in [0.29, 0.717) is 5.92 Å². The van der Waals surface area contributed by atoms with E-state index < -0.39 is 14.6 Å². The quantitative estimate of drug-likeness (QED) is 0.347. The van der Waals surface area contributed by atoms with Crippen LogP contribution in [0.3, 0.4) is 0 Å². The fourth-order valence-electron chi connectivity index (χ4n) is 2.37. The van der Waals surface area contributed by atoms with Crippen molar-refractivity contribution in [3.63, 3.8) is 0 Å². The topological polar surface area (TPSA) is 71.0 Å². The van der Waals surface area contributed by atoms with Gasteiger partial charge in [0, 0.05) is 39.6 Å². The van der Waals surface area contributed by atoms with Crippen LogP contribution in [0.1, 0.15) is 40.0 Å². The van der Waals surface area contributed by atoms with Gasteiger partial charge in [0.15, 0.2) is 15.8 Å². The highest BCUT2D eigenvalue weighted by Crippen LogP contribution is 2.19. The summed E-state index contributed by atoms with van der Waals surface area (Å²) in [5.41, 5.74) is 0. The van der Waals surface area contributed by atoms with Crippen LogP contribution in [-0.4, -0.2) is 70.2 Å². The van der Waals surface area contributed by atoms with Crippen molar-refractivity contribution in [2.24, 2.45) is 10.9 Å². The lowest BCUT2D eigenvalue weighted by molar-refractivity contribution is 0.0625. The van der Waals surface area contributed by atoms with Crippen LogP contribution in [-0.2, 0) is 14.6 Å². The Bertz CT molecular complexity index is 489. The summed E-state index contributed by atoms with van der Waals surface area (Å²) in [6.45, 7) is 9.12. The van der Waals surface area contributed by atoms with Crippen LogP contribution in [0, 0.1) is 5.92 Å². The number of rotatable bonds is 7. The molecule has 8 heteroatoms. The SMILES string of the molecule is CCNC(=NCC(C)(C)S(C)(=O)=O)N(C)CCC1CCOCC1.I. The molecule has 0 bridgehead atoms. The Labute approximate surface area is 164 Å². The molecular formula is C16H34IN3O3S. The van der Waals surface area contributed by atoms with Crippen molar-refractivity contribution in [1.82, 2.24) is 10.2 Å². The minimum atomic E-state index is -3.14. The molecule has 0 amide bonds. The molecule has 1 aliphatic rings. The number of nitrogens with one attached hydrogen (secondary N) is 1. The van der Waals surface area contributed by atoms with Gasteiger partial charge in [-0.1, -0.05) is 0 Å². The molecule has 1 saturated heterocycles. The Balaban J connectivity index is 0.00000529. The average molecular weight is 475 g/mol. The largest absolute Gasteiger partial charge is 0.381 e. The molecule has 0 aromatic carbocycles. The number of halogens is 1. The van der Waals surface area contributed by atoms with Crippen molar-refractivity contribution in [3.05, 3.63) is 0 Å². The van der Waals surface area contributed by atoms with Gasteiger partial charge in [-0.05, 0) is 46.0 Å². The van der Waals surface area contributed by atoms with E-state index >= 15 is 0 Å². The normalized spacial score (nSPS) is 17.3. The molecule has 0 aliphatic carbocycles. The summed E-state index contributed by atoms with van der Waals surface area (Å²) in [5, 5.41) is 3.25. The summed E-state index contributed by atoms with van der Waals surface area (Å²) < 4.78 is 28.2. The smallest absolute Gasteiger partial charge is 0.193 e. The first kappa shape index (κ1) is 23.9. The van der Waals surface area contributed by atoms with Crippen LogP contribution in [0.5, 0.6) is 0 Å². The van der Waals surface area contributed by atoms with Gasteiger partial charge in [0.1, 0.15) is 0 Å². The molecule has 0 saturated carbocycles. The van der Waals surface area contributed by atoms with Crippen LogP contribution >= 0.6 is 24.0 Å². The molecule has 1 fully saturated rings. The number of ether oxygens (including phenoxy) is 1. The van der Waals surface area contributed by atoms with Crippen molar-refractivity contribution >= 4 is 39.8 Å². The third-order valence-corrected chi connectivity index (χ3v) is 6.66. The maximum atomic E-state index is 11.8. The second-order valence-corrected chi connectivity index (χ2v) is 9.62. The standard InChI is InChI=1S/C16H33N3O3S.HI/c1-6-17-15(18-13-16(2,3)23(5,20)21)19(4)10-7-14-8-11-22-12-9-14;/h14H,6-13H2,1-5H3,(H,17,18);1H. The Hall–Kier alpha value is -0.0900. The zero-order chi connectivity index (χ0) is 17.5. The Morgan fingerprint density at radius 3 is 2.42 bits per heavy atom. The minimum absolute atomic E-state index is 0. The fourth-order valence-corrected chi connectivity index (χ4v) is 2.67. The van der Waals surface area contributed by atoms with Gasteiger partial charge < -0.3 is 15.0 Å². The van der Waals surface area contributed by atoms with Gasteiger partial charge in [-0.2, -0.15) is 0 Å².